The van der Waals surface area contributed by atoms with Crippen molar-refractivity contribution in [1.29, 1.82) is 0 Å². The number of aromatic nitrogens is 3. The second kappa shape index (κ2) is 7.14. The molecule has 0 unspecified atom stereocenters. The molecule has 1 N–H and O–H groups in total. The fourth-order valence-electron chi connectivity index (χ4n) is 3.80. The summed E-state index contributed by atoms with van der Waals surface area (Å²) in [5.41, 5.74) is 0.690. The summed E-state index contributed by atoms with van der Waals surface area (Å²) in [5.74, 6) is 1.05. The molecule has 2 fully saturated rings. The van der Waals surface area contributed by atoms with Crippen molar-refractivity contribution in [3.8, 4) is 0 Å². The maximum Gasteiger partial charge on any atom is 0.254 e. The van der Waals surface area contributed by atoms with Crippen LogP contribution in [-0.4, -0.2) is 57.6 Å². The summed E-state index contributed by atoms with van der Waals surface area (Å²) >= 11 is 0. The molecular formula is C18H21N5O2. The van der Waals surface area contributed by atoms with Gasteiger partial charge in [0.15, 0.2) is 0 Å². The van der Waals surface area contributed by atoms with Crippen LogP contribution >= 0.6 is 0 Å². The van der Waals surface area contributed by atoms with Crippen molar-refractivity contribution >= 4 is 11.9 Å². The van der Waals surface area contributed by atoms with Crippen LogP contribution in [-0.2, 0) is 4.74 Å². The van der Waals surface area contributed by atoms with Gasteiger partial charge in [-0.1, -0.05) is 0 Å². The Bertz CT molecular complexity index is 712. The van der Waals surface area contributed by atoms with Gasteiger partial charge in [0, 0.05) is 49.4 Å². The highest BCUT2D eigenvalue weighted by atomic mass is 16.5. The number of pyridine rings is 1. The zero-order valence-corrected chi connectivity index (χ0v) is 13.9. The number of fused-ring (bicyclic) bond motifs is 1. The Kier molecular flexibility index (Phi) is 4.56. The highest BCUT2D eigenvalue weighted by Gasteiger charge is 2.44. The molecule has 0 radical (unpaired) electrons. The Hall–Kier alpha value is -2.54. The topological polar surface area (TPSA) is 80.2 Å². The molecule has 1 saturated heterocycles. The lowest BCUT2D eigenvalue weighted by atomic mass is 10.0. The van der Waals surface area contributed by atoms with Gasteiger partial charge in [-0.3, -0.25) is 9.78 Å². The second-order valence-corrected chi connectivity index (χ2v) is 6.43. The van der Waals surface area contributed by atoms with E-state index in [1.807, 2.05) is 4.90 Å². The van der Waals surface area contributed by atoms with Gasteiger partial charge in [0.1, 0.15) is 0 Å². The molecule has 0 bridgehead atoms. The molecule has 7 nitrogen and oxygen atoms in total. The Labute approximate surface area is 146 Å². The Morgan fingerprint density at radius 2 is 2.00 bits per heavy atom. The number of carbonyl (C=O) groups is 1. The number of hydrogen-bond donors (Lipinski definition) is 1. The lowest BCUT2D eigenvalue weighted by molar-refractivity contribution is -0.0602. The second-order valence-electron chi connectivity index (χ2n) is 6.43. The monoisotopic (exact) mass is 339 g/mol. The normalized spacial score (nSPS) is 25.4. The van der Waals surface area contributed by atoms with Gasteiger partial charge in [-0.25, -0.2) is 9.97 Å². The Balaban J connectivity index is 1.42. The molecule has 1 amide bonds. The summed E-state index contributed by atoms with van der Waals surface area (Å²) < 4.78 is 6.03. The van der Waals surface area contributed by atoms with Crippen LogP contribution in [0.5, 0.6) is 0 Å². The number of nitrogens with one attached hydrogen (secondary N) is 1. The molecular weight excluding hydrogens is 318 g/mol. The summed E-state index contributed by atoms with van der Waals surface area (Å²) in [6, 6.07) is 5.47. The third-order valence-corrected chi connectivity index (χ3v) is 5.00. The molecule has 1 aliphatic heterocycles. The van der Waals surface area contributed by atoms with Crippen molar-refractivity contribution in [2.75, 3.05) is 25.0 Å². The Morgan fingerprint density at radius 3 is 2.80 bits per heavy atom. The van der Waals surface area contributed by atoms with Gasteiger partial charge in [-0.05, 0) is 31.0 Å². The van der Waals surface area contributed by atoms with E-state index in [0.717, 1.165) is 19.4 Å². The fourth-order valence-corrected chi connectivity index (χ4v) is 3.80. The number of hydrogen-bond acceptors (Lipinski definition) is 6. The number of nitrogens with zero attached hydrogens (tertiary/aromatic N) is 4. The summed E-state index contributed by atoms with van der Waals surface area (Å²) in [6.07, 6.45) is 8.81. The van der Waals surface area contributed by atoms with Gasteiger partial charge in [0.2, 0.25) is 5.95 Å². The molecule has 2 aliphatic rings. The quantitative estimate of drug-likeness (QED) is 0.911. The van der Waals surface area contributed by atoms with E-state index < -0.39 is 0 Å². The number of amides is 1. The van der Waals surface area contributed by atoms with Crippen LogP contribution in [0.4, 0.5) is 5.95 Å². The van der Waals surface area contributed by atoms with E-state index in [2.05, 4.69) is 20.3 Å². The van der Waals surface area contributed by atoms with Crippen molar-refractivity contribution in [3.63, 3.8) is 0 Å². The SMILES string of the molecule is O=C(c1ccncc1)N1CCO[C@@H]2[C@@H](CNc3ncccn3)CC[C@@H]21. The zero-order valence-electron chi connectivity index (χ0n) is 13.9. The van der Waals surface area contributed by atoms with Gasteiger partial charge in [-0.15, -0.1) is 0 Å². The molecule has 3 atom stereocenters. The first-order valence-corrected chi connectivity index (χ1v) is 8.66. The fraction of sp³-hybridized carbons (Fsp3) is 0.444. The van der Waals surface area contributed by atoms with Crippen molar-refractivity contribution < 1.29 is 9.53 Å². The van der Waals surface area contributed by atoms with Crippen LogP contribution in [0.3, 0.4) is 0 Å². The molecule has 2 aromatic heterocycles. The van der Waals surface area contributed by atoms with Gasteiger partial charge in [-0.2, -0.15) is 0 Å². The molecule has 25 heavy (non-hydrogen) atoms. The number of rotatable bonds is 4. The first-order chi connectivity index (χ1) is 12.3. The minimum atomic E-state index is 0.0655. The van der Waals surface area contributed by atoms with Crippen LogP contribution < -0.4 is 5.32 Å². The van der Waals surface area contributed by atoms with Crippen LogP contribution in [0, 0.1) is 5.92 Å². The highest BCUT2D eigenvalue weighted by Crippen LogP contribution is 2.35. The average Bonchev–Trinajstić information content (AvgIpc) is 3.10. The van der Waals surface area contributed by atoms with Crippen LogP contribution in [0.1, 0.15) is 23.2 Å². The third-order valence-electron chi connectivity index (χ3n) is 5.00. The molecule has 7 heteroatoms. The average molecular weight is 339 g/mol. The lowest BCUT2D eigenvalue weighted by Gasteiger charge is -2.39. The zero-order chi connectivity index (χ0) is 17.1. The van der Waals surface area contributed by atoms with Crippen molar-refractivity contribution in [2.45, 2.75) is 25.0 Å². The van der Waals surface area contributed by atoms with E-state index in [9.17, 15) is 4.79 Å². The molecule has 2 aromatic rings. The van der Waals surface area contributed by atoms with E-state index in [4.69, 9.17) is 4.74 Å². The van der Waals surface area contributed by atoms with E-state index >= 15 is 0 Å². The molecule has 0 aromatic carbocycles. The third kappa shape index (κ3) is 3.32. The summed E-state index contributed by atoms with van der Waals surface area (Å²) in [6.45, 7) is 1.98. The summed E-state index contributed by atoms with van der Waals surface area (Å²) in [4.78, 5) is 27.2. The van der Waals surface area contributed by atoms with Gasteiger partial charge < -0.3 is 15.0 Å². The standard InChI is InChI=1S/C18H21N5O2/c24-17(13-4-8-19-9-5-13)23-10-11-25-16-14(2-3-15(16)23)12-22-18-20-6-1-7-21-18/h1,4-9,14-16H,2-3,10-12H2,(H,20,21,22)/t14-,15+,16-/m1/s1. The maximum absolute atomic E-state index is 12.8. The largest absolute Gasteiger partial charge is 0.374 e. The minimum absolute atomic E-state index is 0.0655. The predicted molar refractivity (Wildman–Crippen MR) is 92.0 cm³/mol. The highest BCUT2D eigenvalue weighted by molar-refractivity contribution is 5.94. The van der Waals surface area contributed by atoms with Crippen molar-refractivity contribution in [1.82, 2.24) is 19.9 Å². The first kappa shape index (κ1) is 16.0. The molecule has 0 spiro atoms. The van der Waals surface area contributed by atoms with E-state index in [0.29, 0.717) is 30.6 Å². The number of ether oxygens (including phenoxy) is 1. The van der Waals surface area contributed by atoms with Crippen molar-refractivity contribution in [2.24, 2.45) is 5.92 Å². The maximum atomic E-state index is 12.8. The Morgan fingerprint density at radius 1 is 1.20 bits per heavy atom. The molecule has 1 saturated carbocycles. The van der Waals surface area contributed by atoms with Crippen molar-refractivity contribution in [3.05, 3.63) is 48.5 Å². The van der Waals surface area contributed by atoms with Gasteiger partial charge >= 0.3 is 0 Å². The smallest absolute Gasteiger partial charge is 0.254 e. The van der Waals surface area contributed by atoms with E-state index in [-0.39, 0.29) is 18.1 Å². The van der Waals surface area contributed by atoms with Gasteiger partial charge in [0.05, 0.1) is 18.8 Å². The number of anilines is 1. The van der Waals surface area contributed by atoms with Crippen LogP contribution in [0.25, 0.3) is 0 Å². The minimum Gasteiger partial charge on any atom is -0.374 e. The van der Waals surface area contributed by atoms with Gasteiger partial charge in [0.25, 0.3) is 5.91 Å². The van der Waals surface area contributed by atoms with Crippen LogP contribution in [0.15, 0.2) is 43.0 Å². The number of carbonyl (C=O) groups excluding carboxylic acids is 1. The number of morpholine rings is 1. The van der Waals surface area contributed by atoms with E-state index in [1.54, 1.807) is 43.0 Å². The molecule has 3 heterocycles. The summed E-state index contributed by atoms with van der Waals surface area (Å²) in [7, 11) is 0. The molecule has 4 rings (SSSR count). The predicted octanol–water partition coefficient (Wildman–Crippen LogP) is 1.60. The molecule has 1 aliphatic carbocycles. The first-order valence-electron chi connectivity index (χ1n) is 8.66. The summed E-state index contributed by atoms with van der Waals surface area (Å²) in [5, 5.41) is 3.28. The van der Waals surface area contributed by atoms with Crippen LogP contribution in [0.2, 0.25) is 0 Å². The molecule has 130 valence electrons. The van der Waals surface area contributed by atoms with E-state index in [1.165, 1.54) is 0 Å². The lowest BCUT2D eigenvalue weighted by Crippen LogP contribution is -2.53.